The standard InChI is InChI=1S/C22H17F2N5OS/c1-21(18-9-22(18,19(30)27-2)31-20(26)29-21)14-7-12(3-5-15(14)23)8-16(24)17-6-4-13(10-25)11-28-17/h3-9,11H,1-2H3,(H2,26,29)(H,27,30)/b16-8-/t21-,22+/m1/s1. The largest absolute Gasteiger partial charge is 0.378 e. The Morgan fingerprint density at radius 1 is 1.35 bits per heavy atom. The van der Waals surface area contributed by atoms with Crippen molar-refractivity contribution in [2.45, 2.75) is 17.2 Å². The van der Waals surface area contributed by atoms with Gasteiger partial charge in [0, 0.05) is 18.8 Å². The molecule has 3 N–H and O–H groups in total. The van der Waals surface area contributed by atoms with Gasteiger partial charge in [0.25, 0.3) is 0 Å². The number of amides is 1. The number of hydrogen-bond donors (Lipinski definition) is 2. The van der Waals surface area contributed by atoms with Crippen molar-refractivity contribution >= 4 is 34.7 Å². The Hall–Kier alpha value is -3.51. The van der Waals surface area contributed by atoms with Crippen LogP contribution in [0.5, 0.6) is 0 Å². The molecule has 156 valence electrons. The van der Waals surface area contributed by atoms with Crippen molar-refractivity contribution < 1.29 is 13.6 Å². The van der Waals surface area contributed by atoms with E-state index < -0.39 is 21.9 Å². The van der Waals surface area contributed by atoms with Crippen LogP contribution < -0.4 is 11.1 Å². The number of nitriles is 1. The number of nitrogens with zero attached hydrogens (tertiary/aromatic N) is 3. The SMILES string of the molecule is CNC(=O)[C@]12C=C1[C@@](C)(c1cc(/C=C(\F)c3ccc(C#N)cn3)ccc1F)N=C(N)S2. The van der Waals surface area contributed by atoms with Crippen LogP contribution in [0.15, 0.2) is 53.2 Å². The fraction of sp³-hybridized carbons (Fsp3) is 0.182. The Labute approximate surface area is 181 Å². The summed E-state index contributed by atoms with van der Waals surface area (Å²) in [7, 11) is 1.52. The molecular formula is C22H17F2N5OS. The number of carbonyl (C=O) groups excluding carboxylic acids is 1. The predicted octanol–water partition coefficient (Wildman–Crippen LogP) is 3.26. The van der Waals surface area contributed by atoms with Crippen LogP contribution in [0.3, 0.4) is 0 Å². The third-order valence-electron chi connectivity index (χ3n) is 5.30. The van der Waals surface area contributed by atoms with Gasteiger partial charge in [0.2, 0.25) is 5.91 Å². The van der Waals surface area contributed by atoms with Crippen LogP contribution in [-0.2, 0) is 10.3 Å². The lowest BCUT2D eigenvalue weighted by molar-refractivity contribution is -0.120. The van der Waals surface area contributed by atoms with Gasteiger partial charge in [0.1, 0.15) is 28.0 Å². The third kappa shape index (κ3) is 3.39. The minimum atomic E-state index is -1.20. The quantitative estimate of drug-likeness (QED) is 0.715. The minimum Gasteiger partial charge on any atom is -0.378 e. The second-order valence-electron chi connectivity index (χ2n) is 7.27. The fourth-order valence-electron chi connectivity index (χ4n) is 3.67. The molecule has 2 heterocycles. The Balaban J connectivity index is 1.73. The Morgan fingerprint density at radius 3 is 2.77 bits per heavy atom. The molecule has 0 bridgehead atoms. The van der Waals surface area contributed by atoms with E-state index in [2.05, 4.69) is 15.3 Å². The summed E-state index contributed by atoms with van der Waals surface area (Å²) in [5.41, 5.74) is 6.36. The minimum absolute atomic E-state index is 0.0518. The van der Waals surface area contributed by atoms with E-state index in [0.29, 0.717) is 16.7 Å². The van der Waals surface area contributed by atoms with Crippen LogP contribution in [0.2, 0.25) is 0 Å². The van der Waals surface area contributed by atoms with Crippen LogP contribution in [0.25, 0.3) is 11.9 Å². The summed E-state index contributed by atoms with van der Waals surface area (Å²) in [5, 5.41) is 11.6. The number of nitrogens with two attached hydrogens (primary N) is 1. The first kappa shape index (κ1) is 20.8. The average molecular weight is 437 g/mol. The number of aromatic nitrogens is 1. The number of thioether (sulfide) groups is 1. The number of rotatable bonds is 4. The first-order valence-corrected chi connectivity index (χ1v) is 10.1. The van der Waals surface area contributed by atoms with Gasteiger partial charge >= 0.3 is 0 Å². The normalized spacial score (nSPS) is 24.4. The summed E-state index contributed by atoms with van der Waals surface area (Å²) in [4.78, 5) is 20.8. The molecule has 0 saturated heterocycles. The first-order valence-electron chi connectivity index (χ1n) is 9.27. The number of halogens is 2. The van der Waals surface area contributed by atoms with Gasteiger partial charge in [-0.15, -0.1) is 0 Å². The Morgan fingerprint density at radius 2 is 2.13 bits per heavy atom. The molecule has 6 nitrogen and oxygen atoms in total. The molecule has 1 amide bonds. The lowest BCUT2D eigenvalue weighted by atomic mass is 9.86. The lowest BCUT2D eigenvalue weighted by Gasteiger charge is -2.33. The van der Waals surface area contributed by atoms with Crippen molar-refractivity contribution in [1.82, 2.24) is 10.3 Å². The molecule has 4 rings (SSSR count). The van der Waals surface area contributed by atoms with E-state index in [4.69, 9.17) is 11.0 Å². The number of benzene rings is 1. The van der Waals surface area contributed by atoms with E-state index in [0.717, 1.165) is 11.8 Å². The van der Waals surface area contributed by atoms with Gasteiger partial charge in [-0.3, -0.25) is 9.78 Å². The molecule has 0 radical (unpaired) electrons. The number of aliphatic imine (C=N–C) groups is 1. The van der Waals surface area contributed by atoms with E-state index in [9.17, 15) is 13.6 Å². The summed E-state index contributed by atoms with van der Waals surface area (Å²) < 4.78 is 28.6. The highest BCUT2D eigenvalue weighted by Gasteiger charge is 2.62. The molecule has 2 aliphatic rings. The van der Waals surface area contributed by atoms with E-state index in [1.54, 1.807) is 13.0 Å². The van der Waals surface area contributed by atoms with Crippen molar-refractivity contribution in [2.24, 2.45) is 10.7 Å². The van der Waals surface area contributed by atoms with Crippen LogP contribution >= 0.6 is 11.8 Å². The zero-order valence-corrected chi connectivity index (χ0v) is 17.4. The maximum absolute atomic E-state index is 14.9. The molecule has 9 heteroatoms. The zero-order chi connectivity index (χ0) is 22.4. The Bertz CT molecular complexity index is 1230. The summed E-state index contributed by atoms with van der Waals surface area (Å²) in [5.74, 6) is -1.44. The molecule has 31 heavy (non-hydrogen) atoms. The Kier molecular flexibility index (Phi) is 4.90. The molecule has 0 saturated carbocycles. The zero-order valence-electron chi connectivity index (χ0n) is 16.6. The molecular weight excluding hydrogens is 420 g/mol. The summed E-state index contributed by atoms with van der Waals surface area (Å²) in [6.07, 6.45) is 4.22. The summed E-state index contributed by atoms with van der Waals surface area (Å²) >= 11 is 1.11. The van der Waals surface area contributed by atoms with Gasteiger partial charge in [-0.1, -0.05) is 23.9 Å². The van der Waals surface area contributed by atoms with Crippen LogP contribution in [0.1, 0.15) is 29.3 Å². The molecule has 1 aliphatic carbocycles. The van der Waals surface area contributed by atoms with Crippen LogP contribution in [0, 0.1) is 17.1 Å². The number of pyridine rings is 1. The van der Waals surface area contributed by atoms with Gasteiger partial charge in [-0.05, 0) is 48.4 Å². The molecule has 1 aromatic heterocycles. The molecule has 2 atom stereocenters. The monoisotopic (exact) mass is 437 g/mol. The maximum Gasteiger partial charge on any atom is 0.244 e. The highest BCUT2D eigenvalue weighted by atomic mass is 32.2. The average Bonchev–Trinajstić information content (AvgIpc) is 3.51. The predicted molar refractivity (Wildman–Crippen MR) is 116 cm³/mol. The van der Waals surface area contributed by atoms with Gasteiger partial charge in [-0.2, -0.15) is 5.26 Å². The molecule has 0 spiro atoms. The number of hydrogen-bond acceptors (Lipinski definition) is 6. The van der Waals surface area contributed by atoms with Gasteiger partial charge in [0.15, 0.2) is 5.17 Å². The molecule has 1 aliphatic heterocycles. The van der Waals surface area contributed by atoms with E-state index >= 15 is 0 Å². The maximum atomic E-state index is 14.9. The van der Waals surface area contributed by atoms with Crippen molar-refractivity contribution in [3.8, 4) is 6.07 Å². The van der Waals surface area contributed by atoms with Gasteiger partial charge in [0.05, 0.1) is 11.3 Å². The van der Waals surface area contributed by atoms with E-state index in [-0.39, 0.29) is 22.3 Å². The fourth-order valence-corrected chi connectivity index (χ4v) is 4.91. The van der Waals surface area contributed by atoms with Gasteiger partial charge in [-0.25, -0.2) is 13.8 Å². The highest BCUT2D eigenvalue weighted by Crippen LogP contribution is 2.60. The van der Waals surface area contributed by atoms with Crippen LogP contribution in [0.4, 0.5) is 8.78 Å². The van der Waals surface area contributed by atoms with Crippen molar-refractivity contribution in [3.63, 3.8) is 0 Å². The van der Waals surface area contributed by atoms with Crippen molar-refractivity contribution in [1.29, 1.82) is 5.26 Å². The smallest absolute Gasteiger partial charge is 0.244 e. The first-order chi connectivity index (χ1) is 14.7. The topological polar surface area (TPSA) is 104 Å². The lowest BCUT2D eigenvalue weighted by Crippen LogP contribution is -2.43. The number of amidine groups is 1. The number of carbonyl (C=O) groups is 1. The second-order valence-corrected chi connectivity index (χ2v) is 8.54. The summed E-state index contributed by atoms with van der Waals surface area (Å²) in [6, 6.07) is 8.92. The molecule has 0 fully saturated rings. The second kappa shape index (κ2) is 7.32. The van der Waals surface area contributed by atoms with Crippen LogP contribution in [-0.4, -0.2) is 27.9 Å². The van der Waals surface area contributed by atoms with E-state index in [1.165, 1.54) is 49.7 Å². The molecule has 1 aromatic carbocycles. The van der Waals surface area contributed by atoms with Crippen molar-refractivity contribution in [2.75, 3.05) is 7.05 Å². The van der Waals surface area contributed by atoms with Gasteiger partial charge < -0.3 is 11.1 Å². The third-order valence-corrected chi connectivity index (χ3v) is 6.44. The summed E-state index contributed by atoms with van der Waals surface area (Å²) in [6.45, 7) is 1.68. The highest BCUT2D eigenvalue weighted by molar-refractivity contribution is 8.16. The number of fused-ring (bicyclic) bond motifs is 1. The molecule has 0 unspecified atom stereocenters. The van der Waals surface area contributed by atoms with Crippen molar-refractivity contribution in [3.05, 3.63) is 76.4 Å². The number of nitrogens with one attached hydrogen (secondary N) is 1. The van der Waals surface area contributed by atoms with E-state index in [1.807, 2.05) is 6.07 Å². The molecule has 2 aromatic rings.